The number of nitrogens with zero attached hydrogens (tertiary/aromatic N) is 3. The number of aromatic carboxylic acids is 1. The molecule has 1 heterocycles. The van der Waals surface area contributed by atoms with Gasteiger partial charge in [0.05, 0.1) is 16.6 Å². The fourth-order valence-corrected chi connectivity index (χ4v) is 1.89. The van der Waals surface area contributed by atoms with Crippen LogP contribution >= 0.6 is 11.6 Å². The number of carboxylic acid groups (broad SMARTS) is 1. The third kappa shape index (κ3) is 2.61. The molecule has 0 aliphatic rings. The lowest BCUT2D eigenvalue weighted by molar-refractivity contribution is 0.0697. The zero-order valence-electron chi connectivity index (χ0n) is 10.9. The number of fused-ring (bicyclic) bond motifs is 1. The molecule has 0 aliphatic heterocycles. The number of carbonyl (C=O) groups is 1. The van der Waals surface area contributed by atoms with Gasteiger partial charge in [0.2, 0.25) is 0 Å². The number of hydrogen-bond donors (Lipinski definition) is 1. The van der Waals surface area contributed by atoms with E-state index in [-0.39, 0.29) is 11.6 Å². The molecule has 2 rings (SSSR count). The van der Waals surface area contributed by atoms with Crippen molar-refractivity contribution in [3.63, 3.8) is 0 Å². The molecule has 5 nitrogen and oxygen atoms in total. The summed E-state index contributed by atoms with van der Waals surface area (Å²) in [5, 5.41) is 9.29. The minimum absolute atomic E-state index is 0.183. The molecule has 0 aliphatic carbocycles. The van der Waals surface area contributed by atoms with E-state index in [9.17, 15) is 4.79 Å². The van der Waals surface area contributed by atoms with Crippen molar-refractivity contribution >= 4 is 34.4 Å². The number of anilines is 1. The van der Waals surface area contributed by atoms with Crippen LogP contribution in [0.15, 0.2) is 18.2 Å². The van der Waals surface area contributed by atoms with E-state index in [2.05, 4.69) is 9.97 Å². The van der Waals surface area contributed by atoms with Crippen molar-refractivity contribution in [1.82, 2.24) is 9.97 Å². The van der Waals surface area contributed by atoms with Gasteiger partial charge in [0, 0.05) is 13.1 Å². The SMILES string of the molecule is CC(C)N(C)c1nc2cc(C(=O)O)ccc2nc1Cl. The topological polar surface area (TPSA) is 66.3 Å². The summed E-state index contributed by atoms with van der Waals surface area (Å²) in [5.41, 5.74) is 1.28. The van der Waals surface area contributed by atoms with E-state index >= 15 is 0 Å². The van der Waals surface area contributed by atoms with Crippen LogP contribution in [0.5, 0.6) is 0 Å². The van der Waals surface area contributed by atoms with Gasteiger partial charge < -0.3 is 10.0 Å². The van der Waals surface area contributed by atoms with Crippen LogP contribution in [-0.4, -0.2) is 34.1 Å². The van der Waals surface area contributed by atoms with Crippen molar-refractivity contribution in [3.8, 4) is 0 Å². The maximum atomic E-state index is 11.0. The smallest absolute Gasteiger partial charge is 0.335 e. The fraction of sp³-hybridized carbons (Fsp3) is 0.308. The first-order valence-electron chi connectivity index (χ1n) is 5.83. The average Bonchev–Trinajstić information content (AvgIpc) is 2.36. The van der Waals surface area contributed by atoms with Gasteiger partial charge in [-0.25, -0.2) is 14.8 Å². The molecule has 0 bridgehead atoms. The van der Waals surface area contributed by atoms with Gasteiger partial charge in [-0.15, -0.1) is 0 Å². The van der Waals surface area contributed by atoms with Gasteiger partial charge in [0.15, 0.2) is 11.0 Å². The van der Waals surface area contributed by atoms with E-state index in [1.165, 1.54) is 12.1 Å². The first kappa shape index (κ1) is 13.5. The van der Waals surface area contributed by atoms with Crippen LogP contribution in [0.1, 0.15) is 24.2 Å². The number of rotatable bonds is 3. The molecule has 6 heteroatoms. The van der Waals surface area contributed by atoms with Gasteiger partial charge in [-0.2, -0.15) is 0 Å². The summed E-state index contributed by atoms with van der Waals surface area (Å²) >= 11 is 6.11. The van der Waals surface area contributed by atoms with Crippen molar-refractivity contribution in [2.45, 2.75) is 19.9 Å². The van der Waals surface area contributed by atoms with Gasteiger partial charge >= 0.3 is 5.97 Å². The Balaban J connectivity index is 2.61. The summed E-state index contributed by atoms with van der Waals surface area (Å²) in [4.78, 5) is 21.5. The van der Waals surface area contributed by atoms with E-state index in [4.69, 9.17) is 16.7 Å². The van der Waals surface area contributed by atoms with Crippen LogP contribution in [0.2, 0.25) is 5.15 Å². The molecule has 1 aromatic heterocycles. The van der Waals surface area contributed by atoms with E-state index in [1.54, 1.807) is 6.07 Å². The summed E-state index contributed by atoms with van der Waals surface area (Å²) in [6.45, 7) is 4.02. The highest BCUT2D eigenvalue weighted by Crippen LogP contribution is 2.25. The molecule has 0 spiro atoms. The zero-order chi connectivity index (χ0) is 14.2. The summed E-state index contributed by atoms with van der Waals surface area (Å²) in [5.74, 6) is -0.441. The first-order valence-corrected chi connectivity index (χ1v) is 6.21. The van der Waals surface area contributed by atoms with Gasteiger partial charge in [-0.1, -0.05) is 11.6 Å². The lowest BCUT2D eigenvalue weighted by atomic mass is 10.2. The molecular weight excluding hydrogens is 266 g/mol. The third-order valence-corrected chi connectivity index (χ3v) is 3.21. The van der Waals surface area contributed by atoms with Gasteiger partial charge in [-0.05, 0) is 32.0 Å². The second-order valence-electron chi connectivity index (χ2n) is 4.55. The second kappa shape index (κ2) is 5.01. The normalized spacial score (nSPS) is 11.0. The molecule has 19 heavy (non-hydrogen) atoms. The predicted molar refractivity (Wildman–Crippen MR) is 75.0 cm³/mol. The summed E-state index contributed by atoms with van der Waals surface area (Å²) in [6, 6.07) is 4.81. The highest BCUT2D eigenvalue weighted by molar-refractivity contribution is 6.32. The predicted octanol–water partition coefficient (Wildman–Crippen LogP) is 2.83. The Labute approximate surface area is 115 Å². The lowest BCUT2D eigenvalue weighted by Crippen LogP contribution is -2.27. The number of hydrogen-bond acceptors (Lipinski definition) is 4. The van der Waals surface area contributed by atoms with Crippen molar-refractivity contribution in [2.24, 2.45) is 0 Å². The van der Waals surface area contributed by atoms with Crippen LogP contribution in [0.3, 0.4) is 0 Å². The Kier molecular flexibility index (Phi) is 3.57. The largest absolute Gasteiger partial charge is 0.478 e. The van der Waals surface area contributed by atoms with E-state index < -0.39 is 5.97 Å². The quantitative estimate of drug-likeness (QED) is 0.936. The zero-order valence-corrected chi connectivity index (χ0v) is 11.6. The number of carboxylic acids is 1. The molecule has 0 saturated heterocycles. The molecule has 0 atom stereocenters. The Morgan fingerprint density at radius 1 is 1.32 bits per heavy atom. The second-order valence-corrected chi connectivity index (χ2v) is 4.91. The maximum absolute atomic E-state index is 11.0. The molecule has 0 amide bonds. The average molecular weight is 280 g/mol. The van der Waals surface area contributed by atoms with E-state index in [0.29, 0.717) is 22.0 Å². The van der Waals surface area contributed by atoms with Crippen molar-refractivity contribution < 1.29 is 9.90 Å². The van der Waals surface area contributed by atoms with Gasteiger partial charge in [0.25, 0.3) is 0 Å². The molecule has 100 valence electrons. The van der Waals surface area contributed by atoms with Crippen molar-refractivity contribution in [1.29, 1.82) is 0 Å². The molecular formula is C13H14ClN3O2. The summed E-state index contributed by atoms with van der Waals surface area (Å²) in [7, 11) is 1.87. The fourth-order valence-electron chi connectivity index (χ4n) is 1.63. The number of halogens is 1. The van der Waals surface area contributed by atoms with Crippen molar-refractivity contribution in [2.75, 3.05) is 11.9 Å². The minimum atomic E-state index is -0.989. The highest BCUT2D eigenvalue weighted by Gasteiger charge is 2.14. The van der Waals surface area contributed by atoms with Crippen LogP contribution in [-0.2, 0) is 0 Å². The van der Waals surface area contributed by atoms with Crippen LogP contribution < -0.4 is 4.90 Å². The Morgan fingerprint density at radius 3 is 2.58 bits per heavy atom. The Hall–Kier alpha value is -1.88. The van der Waals surface area contributed by atoms with Gasteiger partial charge in [0.1, 0.15) is 0 Å². The molecule has 0 unspecified atom stereocenters. The third-order valence-electron chi connectivity index (χ3n) is 2.96. The van der Waals surface area contributed by atoms with Crippen LogP contribution in [0.4, 0.5) is 5.82 Å². The van der Waals surface area contributed by atoms with Gasteiger partial charge in [-0.3, -0.25) is 0 Å². The molecule has 0 fully saturated rings. The monoisotopic (exact) mass is 279 g/mol. The van der Waals surface area contributed by atoms with Crippen LogP contribution in [0.25, 0.3) is 11.0 Å². The molecule has 1 N–H and O–H groups in total. The standard InChI is InChI=1S/C13H14ClN3O2/c1-7(2)17(3)12-11(14)15-9-5-4-8(13(18)19)6-10(9)16-12/h4-7H,1-3H3,(H,18,19). The first-order chi connectivity index (χ1) is 8.90. The number of benzene rings is 1. The van der Waals surface area contributed by atoms with Crippen LogP contribution in [0, 0.1) is 0 Å². The Morgan fingerprint density at radius 2 is 2.00 bits per heavy atom. The van der Waals surface area contributed by atoms with Crippen molar-refractivity contribution in [3.05, 3.63) is 28.9 Å². The summed E-state index contributed by atoms with van der Waals surface area (Å²) in [6.07, 6.45) is 0. The summed E-state index contributed by atoms with van der Waals surface area (Å²) < 4.78 is 0. The minimum Gasteiger partial charge on any atom is -0.478 e. The molecule has 1 aromatic carbocycles. The van der Waals surface area contributed by atoms with E-state index in [0.717, 1.165) is 0 Å². The number of aromatic nitrogens is 2. The molecule has 2 aromatic rings. The highest BCUT2D eigenvalue weighted by atomic mass is 35.5. The molecule has 0 saturated carbocycles. The Bertz CT molecular complexity index is 643. The van der Waals surface area contributed by atoms with E-state index in [1.807, 2.05) is 25.8 Å². The maximum Gasteiger partial charge on any atom is 0.335 e. The molecule has 0 radical (unpaired) electrons. The lowest BCUT2D eigenvalue weighted by Gasteiger charge is -2.23.